The number of urea groups is 2. The number of nitrogens with one attached hydrogen (secondary N) is 4. The summed E-state index contributed by atoms with van der Waals surface area (Å²) in [6, 6.07) is 0.100. The van der Waals surface area contributed by atoms with Crippen LogP contribution < -0.4 is 21.3 Å². The minimum atomic E-state index is -0.137. The number of nitrogens with zero attached hydrogens (tertiary/aromatic N) is 2. The van der Waals surface area contributed by atoms with Crippen molar-refractivity contribution in [1.82, 2.24) is 31.1 Å². The van der Waals surface area contributed by atoms with Crippen molar-refractivity contribution in [3.63, 3.8) is 0 Å². The molecule has 0 bridgehead atoms. The molecule has 12 heteroatoms. The molecule has 4 amide bonds. The molecule has 0 spiro atoms. The molecule has 2 saturated heterocycles. The first-order valence-corrected chi connectivity index (χ1v) is 9.53. The predicted octanol–water partition coefficient (Wildman–Crippen LogP) is 2.49. The molecular weight excluding hydrogens is 474 g/mol. The summed E-state index contributed by atoms with van der Waals surface area (Å²) in [5.41, 5.74) is -0.274. The van der Waals surface area contributed by atoms with Gasteiger partial charge in [-0.05, 0) is 41.5 Å². The topological polar surface area (TPSA) is 88.7 Å². The first-order chi connectivity index (χ1) is 12.0. The van der Waals surface area contributed by atoms with E-state index in [2.05, 4.69) is 21.3 Å². The number of halogens is 4. The van der Waals surface area contributed by atoms with E-state index in [0.29, 0.717) is 0 Å². The van der Waals surface area contributed by atoms with Crippen LogP contribution in [-0.2, 0) is 0 Å². The molecule has 2 fully saturated rings. The Morgan fingerprint density at radius 2 is 0.833 bits per heavy atom. The third-order valence-corrected chi connectivity index (χ3v) is 3.77. The van der Waals surface area contributed by atoms with Crippen LogP contribution in [0.2, 0.25) is 0 Å². The van der Waals surface area contributed by atoms with Crippen LogP contribution in [0.4, 0.5) is 9.59 Å². The highest BCUT2D eigenvalue weighted by molar-refractivity contribution is 5.86. The predicted molar refractivity (Wildman–Crippen MR) is 134 cm³/mol. The van der Waals surface area contributed by atoms with Crippen molar-refractivity contribution in [1.29, 1.82) is 0 Å². The van der Waals surface area contributed by atoms with Gasteiger partial charge >= 0.3 is 12.1 Å². The summed E-state index contributed by atoms with van der Waals surface area (Å²) in [6.07, 6.45) is 0. The van der Waals surface area contributed by atoms with Gasteiger partial charge in [0.25, 0.3) is 0 Å². The van der Waals surface area contributed by atoms with Gasteiger partial charge in [-0.3, -0.25) is 0 Å². The van der Waals surface area contributed by atoms with E-state index in [1.807, 2.05) is 51.3 Å². The summed E-state index contributed by atoms with van der Waals surface area (Å²) in [5, 5.41) is 12.3. The van der Waals surface area contributed by atoms with Gasteiger partial charge < -0.3 is 31.1 Å². The second-order valence-electron chi connectivity index (χ2n) is 8.83. The van der Waals surface area contributed by atoms with Gasteiger partial charge in [0.1, 0.15) is 0 Å². The van der Waals surface area contributed by atoms with E-state index in [0.717, 1.165) is 52.4 Å². The lowest BCUT2D eigenvalue weighted by Crippen LogP contribution is -2.54. The molecule has 0 radical (unpaired) electrons. The molecule has 0 saturated carbocycles. The Hall–Kier alpha value is -0.380. The number of hydrogen-bond acceptors (Lipinski definition) is 4. The Labute approximate surface area is 207 Å². The van der Waals surface area contributed by atoms with Crippen molar-refractivity contribution in [2.45, 2.75) is 52.6 Å². The maximum Gasteiger partial charge on any atom is 0.317 e. The third kappa shape index (κ3) is 17.3. The van der Waals surface area contributed by atoms with E-state index in [4.69, 9.17) is 0 Å². The van der Waals surface area contributed by atoms with E-state index in [9.17, 15) is 9.59 Å². The number of carbonyl (C=O) groups is 2. The molecule has 2 rings (SSSR count). The first-order valence-electron chi connectivity index (χ1n) is 9.53. The fourth-order valence-corrected chi connectivity index (χ4v) is 2.54. The van der Waals surface area contributed by atoms with Crippen molar-refractivity contribution in [3.05, 3.63) is 0 Å². The zero-order chi connectivity index (χ0) is 19.8. The fraction of sp³-hybridized carbons (Fsp3) is 0.889. The van der Waals surface area contributed by atoms with Crippen molar-refractivity contribution in [3.8, 4) is 0 Å². The number of rotatable bonds is 0. The minimum Gasteiger partial charge on any atom is -0.333 e. The van der Waals surface area contributed by atoms with Crippen LogP contribution in [0, 0.1) is 0 Å². The molecular formula is C18H42Cl4N6O2. The minimum absolute atomic E-state index is 0. The second-order valence-corrected chi connectivity index (χ2v) is 8.83. The Morgan fingerprint density at radius 3 is 1.03 bits per heavy atom. The lowest BCUT2D eigenvalue weighted by molar-refractivity contribution is 0.180. The standard InChI is InChI=1S/2C9H19N3O.4ClH/c2*1-9(2,3)11-8(13)12-6-4-10-5-7-12;;;;/h2*10H,4-7H2,1-3H3,(H,11,13);4*1H. The smallest absolute Gasteiger partial charge is 0.317 e. The van der Waals surface area contributed by atoms with Gasteiger partial charge in [-0.25, -0.2) is 9.59 Å². The molecule has 184 valence electrons. The van der Waals surface area contributed by atoms with Crippen LogP contribution in [0.15, 0.2) is 0 Å². The summed E-state index contributed by atoms with van der Waals surface area (Å²) < 4.78 is 0. The largest absolute Gasteiger partial charge is 0.333 e. The molecule has 0 unspecified atom stereocenters. The maximum absolute atomic E-state index is 11.6. The van der Waals surface area contributed by atoms with Gasteiger partial charge in [-0.15, -0.1) is 49.6 Å². The molecule has 0 atom stereocenters. The Balaban J connectivity index is -0.000000199. The summed E-state index contributed by atoms with van der Waals surface area (Å²) >= 11 is 0. The SMILES string of the molecule is CC(C)(C)NC(=O)N1CCNCC1.CC(C)(C)NC(=O)N1CCNCC1.Cl.Cl.Cl.Cl. The highest BCUT2D eigenvalue weighted by Gasteiger charge is 2.21. The van der Waals surface area contributed by atoms with Gasteiger partial charge in [0.05, 0.1) is 0 Å². The zero-order valence-corrected chi connectivity index (χ0v) is 22.3. The van der Waals surface area contributed by atoms with E-state index >= 15 is 0 Å². The maximum atomic E-state index is 11.6. The van der Waals surface area contributed by atoms with Crippen LogP contribution in [0.25, 0.3) is 0 Å². The molecule has 8 nitrogen and oxygen atoms in total. The second kappa shape index (κ2) is 17.2. The quantitative estimate of drug-likeness (QED) is 0.399. The van der Waals surface area contributed by atoms with Crippen LogP contribution in [0.3, 0.4) is 0 Å². The summed E-state index contributed by atoms with van der Waals surface area (Å²) in [6.45, 7) is 18.8. The number of carbonyl (C=O) groups excluding carboxylic acids is 2. The molecule has 2 aliphatic heterocycles. The van der Waals surface area contributed by atoms with Crippen molar-refractivity contribution in [2.75, 3.05) is 52.4 Å². The summed E-state index contributed by atoms with van der Waals surface area (Å²) in [4.78, 5) is 26.9. The van der Waals surface area contributed by atoms with Crippen molar-refractivity contribution < 1.29 is 9.59 Å². The van der Waals surface area contributed by atoms with Crippen LogP contribution in [-0.4, -0.2) is 85.3 Å². The lowest BCUT2D eigenvalue weighted by atomic mass is 10.1. The number of piperazine rings is 2. The Bertz CT molecular complexity index is 419. The van der Waals surface area contributed by atoms with Crippen LogP contribution in [0.5, 0.6) is 0 Å². The van der Waals surface area contributed by atoms with Crippen LogP contribution >= 0.6 is 49.6 Å². The van der Waals surface area contributed by atoms with Gasteiger partial charge in [0.2, 0.25) is 0 Å². The third-order valence-electron chi connectivity index (χ3n) is 3.77. The van der Waals surface area contributed by atoms with Gasteiger partial charge in [-0.2, -0.15) is 0 Å². The van der Waals surface area contributed by atoms with Crippen LogP contribution in [0.1, 0.15) is 41.5 Å². The van der Waals surface area contributed by atoms with Crippen molar-refractivity contribution >= 4 is 61.7 Å². The molecule has 0 aliphatic carbocycles. The van der Waals surface area contributed by atoms with Gasteiger partial charge in [-0.1, -0.05) is 0 Å². The molecule has 2 aliphatic rings. The highest BCUT2D eigenvalue weighted by atomic mass is 35.5. The molecule has 0 aromatic rings. The van der Waals surface area contributed by atoms with Gasteiger partial charge in [0.15, 0.2) is 0 Å². The Morgan fingerprint density at radius 1 is 0.600 bits per heavy atom. The lowest BCUT2D eigenvalue weighted by Gasteiger charge is -2.31. The molecule has 2 heterocycles. The average Bonchev–Trinajstić information content (AvgIpc) is 2.54. The van der Waals surface area contributed by atoms with E-state index in [1.54, 1.807) is 0 Å². The fourth-order valence-electron chi connectivity index (χ4n) is 2.54. The van der Waals surface area contributed by atoms with Crippen molar-refractivity contribution in [2.24, 2.45) is 0 Å². The monoisotopic (exact) mass is 514 g/mol. The highest BCUT2D eigenvalue weighted by Crippen LogP contribution is 2.02. The average molecular weight is 516 g/mol. The summed E-state index contributed by atoms with van der Waals surface area (Å²) in [7, 11) is 0. The molecule has 30 heavy (non-hydrogen) atoms. The molecule has 0 aromatic carbocycles. The molecule has 4 N–H and O–H groups in total. The molecule has 0 aromatic heterocycles. The first kappa shape index (κ1) is 37.0. The number of amides is 4. The van der Waals surface area contributed by atoms with Gasteiger partial charge in [0, 0.05) is 63.4 Å². The zero-order valence-electron chi connectivity index (χ0n) is 19.0. The normalized spacial score (nSPS) is 16.1. The van der Waals surface area contributed by atoms with E-state index in [-0.39, 0.29) is 72.8 Å². The van der Waals surface area contributed by atoms with E-state index in [1.165, 1.54) is 0 Å². The number of hydrogen-bond donors (Lipinski definition) is 4. The Kier molecular flexibility index (Phi) is 21.2. The summed E-state index contributed by atoms with van der Waals surface area (Å²) in [5.74, 6) is 0. The van der Waals surface area contributed by atoms with E-state index < -0.39 is 0 Å².